The van der Waals surface area contributed by atoms with Crippen molar-refractivity contribution in [3.63, 3.8) is 0 Å². The molecule has 1 aromatic rings. The van der Waals surface area contributed by atoms with Crippen LogP contribution in [-0.4, -0.2) is 53.4 Å². The number of amides is 1. The van der Waals surface area contributed by atoms with E-state index in [-0.39, 0.29) is 17.7 Å². The van der Waals surface area contributed by atoms with Crippen molar-refractivity contribution < 1.29 is 19.7 Å². The van der Waals surface area contributed by atoms with Gasteiger partial charge in [0, 0.05) is 13.5 Å². The minimum Gasteiger partial charge on any atom is -0.508 e. The number of carbonyl (C=O) groups excluding carboxylic acids is 1. The summed E-state index contributed by atoms with van der Waals surface area (Å²) in [5.74, 6) is 0.209. The molecule has 0 aromatic heterocycles. The van der Waals surface area contributed by atoms with Crippen LogP contribution in [0.5, 0.6) is 5.75 Å². The van der Waals surface area contributed by atoms with Crippen molar-refractivity contribution in [1.82, 2.24) is 4.90 Å². The van der Waals surface area contributed by atoms with E-state index in [0.717, 1.165) is 5.56 Å². The van der Waals surface area contributed by atoms with Gasteiger partial charge >= 0.3 is 0 Å². The molecule has 0 saturated carbocycles. The number of hydrogen-bond acceptors (Lipinski definition) is 4. The highest BCUT2D eigenvalue weighted by atomic mass is 16.5. The van der Waals surface area contributed by atoms with Crippen molar-refractivity contribution in [3.05, 3.63) is 29.8 Å². The van der Waals surface area contributed by atoms with Crippen molar-refractivity contribution in [2.45, 2.75) is 25.0 Å². The average Bonchev–Trinajstić information content (AvgIpc) is 2.83. The molecule has 2 rings (SSSR count). The zero-order valence-corrected chi connectivity index (χ0v) is 11.0. The van der Waals surface area contributed by atoms with Crippen molar-refractivity contribution in [3.8, 4) is 5.75 Å². The van der Waals surface area contributed by atoms with Gasteiger partial charge in [-0.15, -0.1) is 0 Å². The molecule has 104 valence electrons. The van der Waals surface area contributed by atoms with Crippen LogP contribution < -0.4 is 0 Å². The first-order valence-corrected chi connectivity index (χ1v) is 6.37. The largest absolute Gasteiger partial charge is 0.508 e. The van der Waals surface area contributed by atoms with E-state index in [9.17, 15) is 15.0 Å². The summed E-state index contributed by atoms with van der Waals surface area (Å²) in [4.78, 5) is 13.6. The van der Waals surface area contributed by atoms with Crippen LogP contribution in [0.15, 0.2) is 24.3 Å². The van der Waals surface area contributed by atoms with E-state index in [0.29, 0.717) is 26.1 Å². The summed E-state index contributed by atoms with van der Waals surface area (Å²) in [7, 11) is 1.70. The summed E-state index contributed by atoms with van der Waals surface area (Å²) in [5.41, 5.74) is 1.00. The molecule has 0 radical (unpaired) electrons. The lowest BCUT2D eigenvalue weighted by atomic mass is 10.1. The first kappa shape index (κ1) is 13.8. The minimum atomic E-state index is -0.595. The predicted octanol–water partition coefficient (Wildman–Crippen LogP) is 0.543. The number of ether oxygens (including phenoxy) is 1. The lowest BCUT2D eigenvalue weighted by Gasteiger charge is -2.25. The number of nitrogens with zero attached hydrogens (tertiary/aromatic N) is 1. The van der Waals surface area contributed by atoms with Crippen LogP contribution in [0.3, 0.4) is 0 Å². The Hall–Kier alpha value is -1.59. The first-order valence-electron chi connectivity index (χ1n) is 6.37. The van der Waals surface area contributed by atoms with Crippen molar-refractivity contribution >= 4 is 5.91 Å². The second-order valence-corrected chi connectivity index (χ2v) is 4.84. The van der Waals surface area contributed by atoms with Gasteiger partial charge in [0.1, 0.15) is 5.75 Å². The van der Waals surface area contributed by atoms with Gasteiger partial charge in [-0.25, -0.2) is 0 Å². The van der Waals surface area contributed by atoms with Gasteiger partial charge < -0.3 is 19.8 Å². The Morgan fingerprint density at radius 1 is 1.37 bits per heavy atom. The van der Waals surface area contributed by atoms with E-state index in [4.69, 9.17) is 4.74 Å². The normalized spacial score (nSPS) is 22.4. The zero-order valence-electron chi connectivity index (χ0n) is 11.0. The number of phenols is 1. The third kappa shape index (κ3) is 3.45. The van der Waals surface area contributed by atoms with Crippen LogP contribution in [0.25, 0.3) is 0 Å². The number of aryl methyl sites for hydroxylation is 1. The fraction of sp³-hybridized carbons (Fsp3) is 0.500. The van der Waals surface area contributed by atoms with Crippen LogP contribution >= 0.6 is 0 Å². The lowest BCUT2D eigenvalue weighted by molar-refractivity contribution is -0.133. The maximum absolute atomic E-state index is 12.0. The number of aliphatic hydroxyl groups is 1. The van der Waals surface area contributed by atoms with Gasteiger partial charge in [-0.3, -0.25) is 4.79 Å². The zero-order chi connectivity index (χ0) is 13.8. The fourth-order valence-corrected chi connectivity index (χ4v) is 2.18. The van der Waals surface area contributed by atoms with Gasteiger partial charge in [-0.2, -0.15) is 0 Å². The summed E-state index contributed by atoms with van der Waals surface area (Å²) in [5, 5.41) is 18.9. The number of rotatable bonds is 4. The van der Waals surface area contributed by atoms with E-state index in [1.165, 1.54) is 0 Å². The Bertz CT molecular complexity index is 432. The molecule has 19 heavy (non-hydrogen) atoms. The van der Waals surface area contributed by atoms with E-state index < -0.39 is 6.10 Å². The highest BCUT2D eigenvalue weighted by Crippen LogP contribution is 2.15. The van der Waals surface area contributed by atoms with Crippen LogP contribution in [0.1, 0.15) is 12.0 Å². The van der Waals surface area contributed by atoms with Crippen molar-refractivity contribution in [1.29, 1.82) is 0 Å². The van der Waals surface area contributed by atoms with E-state index in [2.05, 4.69) is 0 Å². The second-order valence-electron chi connectivity index (χ2n) is 4.84. The maximum Gasteiger partial charge on any atom is 0.223 e. The predicted molar refractivity (Wildman–Crippen MR) is 69.8 cm³/mol. The highest BCUT2D eigenvalue weighted by molar-refractivity contribution is 5.76. The number of phenolic OH excluding ortho intramolecular Hbond substituents is 1. The molecule has 1 aliphatic heterocycles. The molecule has 1 saturated heterocycles. The number of likely N-dealkylation sites (N-methyl/N-ethyl adjacent to an activating group) is 1. The standard InChI is InChI=1S/C14H19NO4/c1-15(12-8-19-9-13(12)17)14(18)7-4-10-2-5-11(16)6-3-10/h2-3,5-6,12-13,16-17H,4,7-9H2,1H3. The van der Waals surface area contributed by atoms with E-state index in [1.807, 2.05) is 0 Å². The smallest absolute Gasteiger partial charge is 0.223 e. The second kappa shape index (κ2) is 6.04. The number of carbonyl (C=O) groups is 1. The number of aliphatic hydroxyl groups excluding tert-OH is 1. The number of hydrogen-bond donors (Lipinski definition) is 2. The molecule has 0 spiro atoms. The van der Waals surface area contributed by atoms with E-state index in [1.54, 1.807) is 36.2 Å². The Balaban J connectivity index is 1.85. The Morgan fingerprint density at radius 2 is 2.05 bits per heavy atom. The summed E-state index contributed by atoms with van der Waals surface area (Å²) in [6.07, 6.45) is 0.403. The van der Waals surface area contributed by atoms with E-state index >= 15 is 0 Å². The van der Waals surface area contributed by atoms with Gasteiger partial charge in [-0.05, 0) is 24.1 Å². The topological polar surface area (TPSA) is 70.0 Å². The molecule has 5 nitrogen and oxygen atoms in total. The molecule has 2 atom stereocenters. The summed E-state index contributed by atoms with van der Waals surface area (Å²) in [6.45, 7) is 0.683. The minimum absolute atomic E-state index is 0.0115. The van der Waals surface area contributed by atoms with Crippen molar-refractivity contribution in [2.24, 2.45) is 0 Å². The molecule has 5 heteroatoms. The molecule has 2 unspecified atom stereocenters. The van der Waals surface area contributed by atoms with Gasteiger partial charge in [-0.1, -0.05) is 12.1 Å². The summed E-state index contributed by atoms with van der Waals surface area (Å²) in [6, 6.07) is 6.58. The monoisotopic (exact) mass is 265 g/mol. The molecule has 1 heterocycles. The highest BCUT2D eigenvalue weighted by Gasteiger charge is 2.31. The van der Waals surface area contributed by atoms with Crippen LogP contribution in [-0.2, 0) is 16.0 Å². The van der Waals surface area contributed by atoms with Gasteiger partial charge in [0.15, 0.2) is 0 Å². The Labute approximate surface area is 112 Å². The van der Waals surface area contributed by atoms with Crippen LogP contribution in [0.2, 0.25) is 0 Å². The molecular formula is C14H19NO4. The molecule has 1 fully saturated rings. The lowest BCUT2D eigenvalue weighted by Crippen LogP contribution is -2.44. The number of benzene rings is 1. The molecule has 0 bridgehead atoms. The SMILES string of the molecule is CN(C(=O)CCc1ccc(O)cc1)C1COCC1O. The molecule has 1 amide bonds. The third-order valence-electron chi connectivity index (χ3n) is 3.48. The van der Waals surface area contributed by atoms with Gasteiger partial charge in [0.2, 0.25) is 5.91 Å². The maximum atomic E-state index is 12.0. The summed E-state index contributed by atoms with van der Waals surface area (Å²) >= 11 is 0. The average molecular weight is 265 g/mol. The molecule has 1 aliphatic rings. The van der Waals surface area contributed by atoms with Gasteiger partial charge in [0.25, 0.3) is 0 Å². The number of aromatic hydroxyl groups is 1. The van der Waals surface area contributed by atoms with Gasteiger partial charge in [0.05, 0.1) is 25.4 Å². The summed E-state index contributed by atoms with van der Waals surface area (Å²) < 4.78 is 5.14. The quantitative estimate of drug-likeness (QED) is 0.834. The molecule has 2 N–H and O–H groups in total. The molecule has 1 aromatic carbocycles. The molecular weight excluding hydrogens is 246 g/mol. The van der Waals surface area contributed by atoms with Crippen LogP contribution in [0, 0.1) is 0 Å². The Morgan fingerprint density at radius 3 is 2.63 bits per heavy atom. The fourth-order valence-electron chi connectivity index (χ4n) is 2.18. The molecule has 0 aliphatic carbocycles. The Kier molecular flexibility index (Phi) is 4.39. The third-order valence-corrected chi connectivity index (χ3v) is 3.48. The first-order chi connectivity index (χ1) is 9.08. The van der Waals surface area contributed by atoms with Crippen molar-refractivity contribution in [2.75, 3.05) is 20.3 Å². The van der Waals surface area contributed by atoms with Crippen LogP contribution in [0.4, 0.5) is 0 Å².